The number of hydrogen-bond acceptors (Lipinski definition) is 7. The molecular weight excluding hydrogens is 674 g/mol. The zero-order chi connectivity index (χ0) is 37.2. The molecule has 0 spiro atoms. The molecule has 0 aliphatic rings. The third-order valence-electron chi connectivity index (χ3n) is 7.50. The highest BCUT2D eigenvalue weighted by atomic mass is 31.2. The fourth-order valence-electron chi connectivity index (χ4n) is 4.82. The van der Waals surface area contributed by atoms with Crippen LogP contribution in [0.25, 0.3) is 0 Å². The van der Waals surface area contributed by atoms with Gasteiger partial charge in [0.15, 0.2) is 0 Å². The molecule has 5 rings (SSSR count). The first-order valence-corrected chi connectivity index (χ1v) is 18.8. The van der Waals surface area contributed by atoms with Crippen LogP contribution in [-0.4, -0.2) is 14.9 Å². The maximum atomic E-state index is 12.3. The molecule has 0 saturated carbocycles. The van der Waals surface area contributed by atoms with Gasteiger partial charge in [-0.05, 0) is 119 Å². The van der Waals surface area contributed by atoms with Crippen molar-refractivity contribution in [2.24, 2.45) is 0 Å². The van der Waals surface area contributed by atoms with E-state index < -0.39 is 15.6 Å². The Balaban J connectivity index is 0.000000222. The molecule has 11 heteroatoms. The lowest BCUT2D eigenvalue weighted by atomic mass is 10.1. The van der Waals surface area contributed by atoms with Crippen molar-refractivity contribution in [1.82, 2.24) is 0 Å². The molecule has 0 bridgehead atoms. The van der Waals surface area contributed by atoms with Crippen molar-refractivity contribution in [3.8, 4) is 28.7 Å². The first kappa shape index (κ1) is 39.9. The first-order chi connectivity index (χ1) is 23.4. The van der Waals surface area contributed by atoms with Crippen LogP contribution in [0.15, 0.2) is 97.1 Å². The van der Waals surface area contributed by atoms with Crippen LogP contribution in [0.5, 0.6) is 28.7 Å². The summed E-state index contributed by atoms with van der Waals surface area (Å²) in [5.74, 6) is 1.86. The van der Waals surface area contributed by atoms with E-state index in [9.17, 15) is 18.9 Å². The summed E-state index contributed by atoms with van der Waals surface area (Å²) in [6, 6.07) is 29.1. The Morgan fingerprint density at radius 3 is 0.760 bits per heavy atom. The van der Waals surface area contributed by atoms with Gasteiger partial charge in [0.05, 0.1) is 0 Å². The predicted octanol–water partition coefficient (Wildman–Crippen LogP) is 10.7. The van der Waals surface area contributed by atoms with Crippen molar-refractivity contribution >= 4 is 15.6 Å². The maximum Gasteiger partial charge on any atom is 0.584 e. The quantitative estimate of drug-likeness (QED) is 0.134. The topological polar surface area (TPSA) is 132 Å². The van der Waals surface area contributed by atoms with Crippen molar-refractivity contribution in [1.29, 1.82) is 0 Å². The van der Waals surface area contributed by atoms with Crippen LogP contribution in [0, 0.1) is 62.3 Å². The third-order valence-corrected chi connectivity index (χ3v) is 9.15. The molecule has 0 atom stereocenters. The van der Waals surface area contributed by atoms with Gasteiger partial charge in [0, 0.05) is 0 Å². The first-order valence-electron chi connectivity index (χ1n) is 15.8. The number of phosphoric acid groups is 2. The minimum Gasteiger partial charge on any atom is -0.508 e. The van der Waals surface area contributed by atoms with Gasteiger partial charge in [-0.1, -0.05) is 90.5 Å². The molecule has 0 aliphatic heterocycles. The monoisotopic (exact) mass is 720 g/mol. The summed E-state index contributed by atoms with van der Waals surface area (Å²) in [5.41, 5.74) is 7.46. The van der Waals surface area contributed by atoms with Gasteiger partial charge >= 0.3 is 15.6 Å². The lowest BCUT2D eigenvalue weighted by Crippen LogP contribution is -2.04. The second-order valence-electron chi connectivity index (χ2n) is 12.0. The number of aromatic hydroxyl groups is 1. The number of phenolic OH excluding ortho intramolecular Hbond substituents is 1. The molecule has 0 fully saturated rings. The summed E-state index contributed by atoms with van der Waals surface area (Å²) < 4.78 is 45.6. The van der Waals surface area contributed by atoms with E-state index in [2.05, 4.69) is 0 Å². The highest BCUT2D eigenvalue weighted by Gasteiger charge is 2.29. The smallest absolute Gasteiger partial charge is 0.508 e. The van der Waals surface area contributed by atoms with E-state index in [-0.39, 0.29) is 0 Å². The van der Waals surface area contributed by atoms with Crippen LogP contribution >= 0.6 is 15.6 Å². The van der Waals surface area contributed by atoms with Gasteiger partial charge < -0.3 is 23.2 Å². The van der Waals surface area contributed by atoms with Gasteiger partial charge in [0.2, 0.25) is 0 Å². The van der Waals surface area contributed by atoms with Crippen molar-refractivity contribution < 1.29 is 42.1 Å². The Bertz CT molecular complexity index is 1670. The van der Waals surface area contributed by atoms with Crippen LogP contribution < -0.4 is 18.1 Å². The number of para-hydroxylation sites is 4. The van der Waals surface area contributed by atoms with Crippen molar-refractivity contribution in [3.63, 3.8) is 0 Å². The second-order valence-corrected chi connectivity index (χ2v) is 14.6. The van der Waals surface area contributed by atoms with Crippen LogP contribution in [0.2, 0.25) is 0 Å². The molecule has 266 valence electrons. The van der Waals surface area contributed by atoms with E-state index in [1.165, 1.54) is 5.56 Å². The van der Waals surface area contributed by atoms with Crippen LogP contribution in [0.3, 0.4) is 0 Å². The van der Waals surface area contributed by atoms with Crippen LogP contribution in [-0.2, 0) is 9.13 Å². The number of benzene rings is 5. The number of rotatable bonds is 8. The van der Waals surface area contributed by atoms with E-state index in [4.69, 9.17) is 23.2 Å². The number of hydrogen-bond donors (Lipinski definition) is 3. The SMILES string of the molecule is Cc1ccc(O)cc1.Cc1cccc(C)c1OP(=O)(O)Oc1c(C)cccc1C.Cc1cccc(C)c1OP(=O)(O)Oc1c(C)cccc1C. The second kappa shape index (κ2) is 17.4. The molecule has 5 aromatic rings. The number of phenols is 1. The molecular formula is C39H46O9P2. The van der Waals surface area contributed by atoms with E-state index in [0.29, 0.717) is 28.7 Å². The summed E-state index contributed by atoms with van der Waals surface area (Å²) in [5, 5.41) is 8.76. The summed E-state index contributed by atoms with van der Waals surface area (Å²) in [6.45, 7) is 16.6. The lowest BCUT2D eigenvalue weighted by Gasteiger charge is -2.18. The normalized spacial score (nSPS) is 10.9. The Morgan fingerprint density at radius 1 is 0.380 bits per heavy atom. The van der Waals surface area contributed by atoms with E-state index in [0.717, 1.165) is 44.5 Å². The van der Waals surface area contributed by atoms with Gasteiger partial charge in [-0.25, -0.2) is 9.13 Å². The largest absolute Gasteiger partial charge is 0.584 e. The Morgan fingerprint density at radius 2 is 0.580 bits per heavy atom. The zero-order valence-corrected chi connectivity index (χ0v) is 31.7. The zero-order valence-electron chi connectivity index (χ0n) is 29.9. The molecule has 0 radical (unpaired) electrons. The number of aryl methyl sites for hydroxylation is 9. The van der Waals surface area contributed by atoms with E-state index >= 15 is 0 Å². The Hall–Kier alpha value is -4.52. The summed E-state index contributed by atoms with van der Waals surface area (Å²) in [6.07, 6.45) is 0. The Kier molecular flexibility index (Phi) is 13.9. The van der Waals surface area contributed by atoms with Gasteiger partial charge in [0.1, 0.15) is 28.7 Å². The van der Waals surface area contributed by atoms with E-state index in [1.807, 2.05) is 147 Å². The predicted molar refractivity (Wildman–Crippen MR) is 199 cm³/mol. The van der Waals surface area contributed by atoms with Crippen molar-refractivity contribution in [2.45, 2.75) is 62.3 Å². The molecule has 0 heterocycles. The van der Waals surface area contributed by atoms with Gasteiger partial charge in [-0.15, -0.1) is 0 Å². The standard InChI is InChI=1S/2C16H19O4P.C7H8O/c2*1-11-7-5-8-12(2)15(11)19-21(17,18)20-16-13(3)9-6-10-14(16)4;1-6-2-4-7(8)5-3-6/h2*5-10H,1-4H3,(H,17,18);2-5,8H,1H3. The average Bonchev–Trinajstić information content (AvgIpc) is 3.03. The molecule has 0 saturated heterocycles. The average molecular weight is 721 g/mol. The molecule has 0 aliphatic carbocycles. The highest BCUT2D eigenvalue weighted by Crippen LogP contribution is 2.49. The maximum absolute atomic E-state index is 12.3. The summed E-state index contributed by atoms with van der Waals surface area (Å²) in [7, 11) is -8.49. The van der Waals surface area contributed by atoms with Crippen LogP contribution in [0.4, 0.5) is 0 Å². The summed E-state index contributed by atoms with van der Waals surface area (Å²) in [4.78, 5) is 20.1. The molecule has 50 heavy (non-hydrogen) atoms. The minimum atomic E-state index is -4.24. The highest BCUT2D eigenvalue weighted by molar-refractivity contribution is 7.48. The molecule has 5 aromatic carbocycles. The molecule has 3 N–H and O–H groups in total. The van der Waals surface area contributed by atoms with Crippen molar-refractivity contribution in [2.75, 3.05) is 0 Å². The molecule has 0 aromatic heterocycles. The summed E-state index contributed by atoms with van der Waals surface area (Å²) >= 11 is 0. The molecule has 0 unspecified atom stereocenters. The Labute approximate surface area is 295 Å². The lowest BCUT2D eigenvalue weighted by molar-refractivity contribution is 0.286. The number of phosphoric ester groups is 2. The fourth-order valence-corrected chi connectivity index (χ4v) is 6.97. The van der Waals surface area contributed by atoms with Gasteiger partial charge in [-0.2, -0.15) is 0 Å². The van der Waals surface area contributed by atoms with Gasteiger partial charge in [0.25, 0.3) is 0 Å². The third kappa shape index (κ3) is 11.8. The minimum absolute atomic E-state index is 0.329. The van der Waals surface area contributed by atoms with E-state index in [1.54, 1.807) is 12.1 Å². The molecule has 9 nitrogen and oxygen atoms in total. The fraction of sp³-hybridized carbons (Fsp3) is 0.231. The van der Waals surface area contributed by atoms with Crippen LogP contribution in [0.1, 0.15) is 50.1 Å². The van der Waals surface area contributed by atoms with Crippen molar-refractivity contribution in [3.05, 3.63) is 147 Å². The molecule has 0 amide bonds. The van der Waals surface area contributed by atoms with Gasteiger partial charge in [-0.3, -0.25) is 9.79 Å².